The standard InChI is InChI=1S/C19H38N2O4/c1-7-11-20(5)13-9-17(22)24-15-19(3,4)16-25-18(23)10-14-21(6)12-8-2/h7-16H2,1-6H3. The van der Waals surface area contributed by atoms with Gasteiger partial charge in [0.15, 0.2) is 0 Å². The predicted octanol–water partition coefficient (Wildman–Crippen LogP) is 2.56. The van der Waals surface area contributed by atoms with E-state index in [0.29, 0.717) is 25.9 Å². The molecule has 0 heterocycles. The highest BCUT2D eigenvalue weighted by atomic mass is 16.5. The van der Waals surface area contributed by atoms with Crippen LogP contribution >= 0.6 is 0 Å². The summed E-state index contributed by atoms with van der Waals surface area (Å²) in [4.78, 5) is 27.9. The molecule has 0 aromatic carbocycles. The van der Waals surface area contributed by atoms with E-state index in [1.54, 1.807) is 0 Å². The number of ether oxygens (including phenoxy) is 2. The molecule has 0 saturated carbocycles. The molecule has 0 rings (SSSR count). The van der Waals surface area contributed by atoms with Gasteiger partial charge >= 0.3 is 11.9 Å². The Balaban J connectivity index is 3.95. The SMILES string of the molecule is CCCN(C)CCC(=O)OCC(C)(C)COC(=O)CCN(C)CCC. The predicted molar refractivity (Wildman–Crippen MR) is 101 cm³/mol. The molecule has 0 atom stereocenters. The highest BCUT2D eigenvalue weighted by molar-refractivity contribution is 5.70. The fourth-order valence-corrected chi connectivity index (χ4v) is 2.29. The molecule has 0 aromatic heterocycles. The van der Waals surface area contributed by atoms with Crippen LogP contribution in [0.25, 0.3) is 0 Å². The van der Waals surface area contributed by atoms with Crippen molar-refractivity contribution >= 4 is 11.9 Å². The molecule has 0 aliphatic rings. The summed E-state index contributed by atoms with van der Waals surface area (Å²) in [5, 5.41) is 0. The lowest BCUT2D eigenvalue weighted by atomic mass is 9.96. The van der Waals surface area contributed by atoms with Crippen LogP contribution in [0, 0.1) is 5.41 Å². The average Bonchev–Trinajstić information content (AvgIpc) is 2.55. The van der Waals surface area contributed by atoms with E-state index in [1.165, 1.54) is 0 Å². The highest BCUT2D eigenvalue weighted by Crippen LogP contribution is 2.16. The van der Waals surface area contributed by atoms with Gasteiger partial charge in [0.25, 0.3) is 0 Å². The largest absolute Gasteiger partial charge is 0.465 e. The Bertz CT molecular complexity index is 352. The molecule has 0 N–H and O–H groups in total. The highest BCUT2D eigenvalue weighted by Gasteiger charge is 2.23. The second-order valence-corrected chi connectivity index (χ2v) is 7.59. The van der Waals surface area contributed by atoms with Gasteiger partial charge in [0.05, 0.1) is 26.1 Å². The first-order valence-electron chi connectivity index (χ1n) is 9.38. The maximum Gasteiger partial charge on any atom is 0.307 e. The Kier molecular flexibility index (Phi) is 12.5. The molecule has 148 valence electrons. The lowest BCUT2D eigenvalue weighted by Gasteiger charge is -2.24. The summed E-state index contributed by atoms with van der Waals surface area (Å²) in [5.41, 5.74) is -0.379. The maximum absolute atomic E-state index is 11.8. The third-order valence-corrected chi connectivity index (χ3v) is 3.85. The van der Waals surface area contributed by atoms with Crippen molar-refractivity contribution in [2.45, 2.75) is 53.4 Å². The summed E-state index contributed by atoms with van der Waals surface area (Å²) in [6.07, 6.45) is 2.91. The van der Waals surface area contributed by atoms with Gasteiger partial charge in [-0.2, -0.15) is 0 Å². The van der Waals surface area contributed by atoms with Crippen LogP contribution in [0.2, 0.25) is 0 Å². The van der Waals surface area contributed by atoms with Gasteiger partial charge in [-0.25, -0.2) is 0 Å². The van der Waals surface area contributed by atoms with Gasteiger partial charge in [0, 0.05) is 18.5 Å². The second-order valence-electron chi connectivity index (χ2n) is 7.59. The van der Waals surface area contributed by atoms with Crippen molar-refractivity contribution < 1.29 is 19.1 Å². The number of carbonyl (C=O) groups is 2. The minimum atomic E-state index is -0.379. The van der Waals surface area contributed by atoms with Crippen molar-refractivity contribution in [3.8, 4) is 0 Å². The van der Waals surface area contributed by atoms with E-state index in [1.807, 2.05) is 27.9 Å². The molecule has 25 heavy (non-hydrogen) atoms. The number of hydrogen-bond acceptors (Lipinski definition) is 6. The molecule has 0 aromatic rings. The Hall–Kier alpha value is -1.14. The molecule has 0 spiro atoms. The van der Waals surface area contributed by atoms with E-state index in [2.05, 4.69) is 23.6 Å². The van der Waals surface area contributed by atoms with Gasteiger partial charge in [0.2, 0.25) is 0 Å². The summed E-state index contributed by atoms with van der Waals surface area (Å²) in [7, 11) is 4.00. The lowest BCUT2D eigenvalue weighted by molar-refractivity contribution is -0.152. The zero-order valence-corrected chi connectivity index (χ0v) is 17.1. The minimum Gasteiger partial charge on any atom is -0.465 e. The summed E-state index contributed by atoms with van der Waals surface area (Å²) < 4.78 is 10.7. The smallest absolute Gasteiger partial charge is 0.307 e. The Morgan fingerprint density at radius 1 is 0.760 bits per heavy atom. The van der Waals surface area contributed by atoms with Crippen LogP contribution in [0.4, 0.5) is 0 Å². The second kappa shape index (κ2) is 13.1. The van der Waals surface area contributed by atoms with Gasteiger partial charge in [-0.05, 0) is 40.0 Å². The van der Waals surface area contributed by atoms with E-state index in [4.69, 9.17) is 9.47 Å². The fourth-order valence-electron chi connectivity index (χ4n) is 2.29. The van der Waals surface area contributed by atoms with Crippen LogP contribution in [-0.2, 0) is 19.1 Å². The van der Waals surface area contributed by atoms with E-state index in [9.17, 15) is 9.59 Å². The monoisotopic (exact) mass is 358 g/mol. The minimum absolute atomic E-state index is 0.205. The molecule has 0 radical (unpaired) electrons. The zero-order chi connectivity index (χ0) is 19.3. The number of hydrogen-bond donors (Lipinski definition) is 0. The van der Waals surface area contributed by atoms with Crippen molar-refractivity contribution in [2.75, 3.05) is 53.5 Å². The van der Waals surface area contributed by atoms with Gasteiger partial charge in [0.1, 0.15) is 0 Å². The van der Waals surface area contributed by atoms with Crippen molar-refractivity contribution in [3.63, 3.8) is 0 Å². The molecular formula is C19H38N2O4. The van der Waals surface area contributed by atoms with E-state index in [0.717, 1.165) is 25.9 Å². The quantitative estimate of drug-likeness (QED) is 0.445. The average molecular weight is 359 g/mol. The fraction of sp³-hybridized carbons (Fsp3) is 0.895. The van der Waals surface area contributed by atoms with Gasteiger partial charge < -0.3 is 19.3 Å². The van der Waals surface area contributed by atoms with Crippen LogP contribution in [0.3, 0.4) is 0 Å². The molecule has 0 aliphatic carbocycles. The van der Waals surface area contributed by atoms with Crippen molar-refractivity contribution in [2.24, 2.45) is 5.41 Å². The molecule has 0 bridgehead atoms. The molecule has 0 amide bonds. The molecule has 6 nitrogen and oxygen atoms in total. The third-order valence-electron chi connectivity index (χ3n) is 3.85. The van der Waals surface area contributed by atoms with Gasteiger partial charge in [-0.1, -0.05) is 27.7 Å². The molecular weight excluding hydrogens is 320 g/mol. The summed E-state index contributed by atoms with van der Waals surface area (Å²) in [6.45, 7) is 11.9. The van der Waals surface area contributed by atoms with Gasteiger partial charge in [-0.3, -0.25) is 9.59 Å². The maximum atomic E-state index is 11.8. The Morgan fingerprint density at radius 2 is 1.12 bits per heavy atom. The molecule has 6 heteroatoms. The summed E-state index contributed by atoms with van der Waals surface area (Å²) in [5.74, 6) is -0.410. The zero-order valence-electron chi connectivity index (χ0n) is 17.1. The van der Waals surface area contributed by atoms with Crippen molar-refractivity contribution in [1.82, 2.24) is 9.80 Å². The first-order valence-corrected chi connectivity index (χ1v) is 9.38. The number of rotatable bonds is 14. The number of nitrogens with zero attached hydrogens (tertiary/aromatic N) is 2. The topological polar surface area (TPSA) is 59.1 Å². The molecule has 0 saturated heterocycles. The van der Waals surface area contributed by atoms with Crippen molar-refractivity contribution in [1.29, 1.82) is 0 Å². The van der Waals surface area contributed by atoms with E-state index in [-0.39, 0.29) is 30.6 Å². The Morgan fingerprint density at radius 3 is 1.44 bits per heavy atom. The third kappa shape index (κ3) is 13.8. The van der Waals surface area contributed by atoms with Crippen LogP contribution in [0.15, 0.2) is 0 Å². The van der Waals surface area contributed by atoms with Crippen LogP contribution < -0.4 is 0 Å². The first-order chi connectivity index (χ1) is 11.7. The van der Waals surface area contributed by atoms with Crippen molar-refractivity contribution in [3.05, 3.63) is 0 Å². The summed E-state index contributed by atoms with van der Waals surface area (Å²) >= 11 is 0. The first kappa shape index (κ1) is 23.9. The van der Waals surface area contributed by atoms with Gasteiger partial charge in [-0.15, -0.1) is 0 Å². The normalized spacial score (nSPS) is 11.8. The van der Waals surface area contributed by atoms with E-state index >= 15 is 0 Å². The van der Waals surface area contributed by atoms with E-state index < -0.39 is 0 Å². The Labute approximate surface area is 153 Å². The molecule has 0 fully saturated rings. The molecule has 0 unspecified atom stereocenters. The number of esters is 2. The van der Waals surface area contributed by atoms with Crippen LogP contribution in [0.1, 0.15) is 53.4 Å². The van der Waals surface area contributed by atoms with Crippen LogP contribution in [-0.4, -0.2) is 75.2 Å². The summed E-state index contributed by atoms with van der Waals surface area (Å²) in [6, 6.07) is 0. The number of carbonyl (C=O) groups excluding carboxylic acids is 2. The van der Waals surface area contributed by atoms with Crippen LogP contribution in [0.5, 0.6) is 0 Å². The lowest BCUT2D eigenvalue weighted by Crippen LogP contribution is -2.30. The molecule has 0 aliphatic heterocycles.